The van der Waals surface area contributed by atoms with Crippen molar-refractivity contribution in [3.63, 3.8) is 0 Å². The zero-order chi connectivity index (χ0) is 18.1. The van der Waals surface area contributed by atoms with Crippen LogP contribution in [0, 0.1) is 0 Å². The van der Waals surface area contributed by atoms with Crippen molar-refractivity contribution in [1.82, 2.24) is 9.44 Å². The molecule has 0 radical (unpaired) electrons. The Morgan fingerprint density at radius 2 is 1.08 bits per heavy atom. The molecule has 0 bridgehead atoms. The van der Waals surface area contributed by atoms with Crippen LogP contribution < -0.4 is 9.44 Å². The minimum Gasteiger partial charge on any atom is -0.380 e. The van der Waals surface area contributed by atoms with Gasteiger partial charge in [0.05, 0.1) is 23.0 Å². The summed E-state index contributed by atoms with van der Waals surface area (Å²) < 4.78 is 63.1. The van der Waals surface area contributed by atoms with E-state index in [1.807, 2.05) is 13.8 Å². The van der Waals surface area contributed by atoms with Gasteiger partial charge in [-0.25, -0.2) is 26.3 Å². The maximum absolute atomic E-state index is 12.1. The lowest BCUT2D eigenvalue weighted by Crippen LogP contribution is -2.28. The fourth-order valence-corrected chi connectivity index (χ4v) is 3.78. The van der Waals surface area contributed by atoms with E-state index in [9.17, 15) is 16.8 Å². The number of sulfonamides is 2. The Labute approximate surface area is 143 Å². The molecule has 24 heavy (non-hydrogen) atoms. The van der Waals surface area contributed by atoms with E-state index in [0.29, 0.717) is 13.2 Å². The van der Waals surface area contributed by atoms with Gasteiger partial charge in [-0.3, -0.25) is 0 Å². The summed E-state index contributed by atoms with van der Waals surface area (Å²) in [7, 11) is -7.39. The van der Waals surface area contributed by atoms with E-state index in [2.05, 4.69) is 9.44 Å². The molecule has 1 aromatic carbocycles. The van der Waals surface area contributed by atoms with Crippen LogP contribution in [-0.2, 0) is 29.5 Å². The Hall–Kier alpha value is -1.04. The SMILES string of the molecule is CCOCCNS(=O)(=O)c1ccc(S(=O)(=O)NCCOCC)cc1. The normalized spacial score (nSPS) is 12.4. The van der Waals surface area contributed by atoms with Gasteiger partial charge >= 0.3 is 0 Å². The maximum Gasteiger partial charge on any atom is 0.240 e. The van der Waals surface area contributed by atoms with Crippen LogP contribution in [0.1, 0.15) is 13.8 Å². The van der Waals surface area contributed by atoms with E-state index < -0.39 is 20.0 Å². The van der Waals surface area contributed by atoms with Gasteiger partial charge in [0.2, 0.25) is 20.0 Å². The van der Waals surface area contributed by atoms with E-state index in [1.165, 1.54) is 24.3 Å². The topological polar surface area (TPSA) is 111 Å². The van der Waals surface area contributed by atoms with Crippen molar-refractivity contribution in [3.8, 4) is 0 Å². The predicted molar refractivity (Wildman–Crippen MR) is 89.8 cm³/mol. The summed E-state index contributed by atoms with van der Waals surface area (Å²) in [5.41, 5.74) is 0. The number of nitrogens with one attached hydrogen (secondary N) is 2. The first kappa shape index (κ1) is 21.0. The molecule has 2 N–H and O–H groups in total. The number of benzene rings is 1. The fraction of sp³-hybridized carbons (Fsp3) is 0.571. The molecule has 8 nitrogen and oxygen atoms in total. The van der Waals surface area contributed by atoms with Crippen LogP contribution in [0.25, 0.3) is 0 Å². The second kappa shape index (κ2) is 10.1. The quantitative estimate of drug-likeness (QED) is 0.505. The molecule has 0 unspecified atom stereocenters. The Morgan fingerprint density at radius 3 is 1.38 bits per heavy atom. The van der Waals surface area contributed by atoms with E-state index in [0.717, 1.165) is 0 Å². The van der Waals surface area contributed by atoms with Gasteiger partial charge in [-0.2, -0.15) is 0 Å². The molecular weight excluding hydrogens is 356 g/mol. The predicted octanol–water partition coefficient (Wildman–Crippen LogP) is 0.316. The van der Waals surface area contributed by atoms with Crippen LogP contribution in [0.4, 0.5) is 0 Å². The lowest BCUT2D eigenvalue weighted by molar-refractivity contribution is 0.153. The highest BCUT2D eigenvalue weighted by atomic mass is 32.2. The second-order valence-electron chi connectivity index (χ2n) is 4.66. The van der Waals surface area contributed by atoms with Crippen molar-refractivity contribution in [2.45, 2.75) is 23.6 Å². The van der Waals surface area contributed by atoms with Gasteiger partial charge < -0.3 is 9.47 Å². The third kappa shape index (κ3) is 6.83. The minimum atomic E-state index is -3.69. The van der Waals surface area contributed by atoms with Gasteiger partial charge in [0.1, 0.15) is 0 Å². The summed E-state index contributed by atoms with van der Waals surface area (Å²) in [6.45, 7) is 5.48. The summed E-state index contributed by atoms with van der Waals surface area (Å²) in [4.78, 5) is -0.0143. The molecule has 0 saturated heterocycles. The smallest absolute Gasteiger partial charge is 0.240 e. The average Bonchev–Trinajstić information content (AvgIpc) is 2.56. The van der Waals surface area contributed by atoms with Crippen LogP contribution in [0.5, 0.6) is 0 Å². The maximum atomic E-state index is 12.1. The standard InChI is InChI=1S/C14H24N2O6S2/c1-3-21-11-9-15-23(17,18)13-5-7-14(8-6-13)24(19,20)16-10-12-22-4-2/h5-8,15-16H,3-4,9-12H2,1-2H3. The lowest BCUT2D eigenvalue weighted by Gasteiger charge is -2.09. The Balaban J connectivity index is 2.70. The van der Waals surface area contributed by atoms with Crippen LogP contribution >= 0.6 is 0 Å². The van der Waals surface area contributed by atoms with Crippen molar-refractivity contribution in [2.24, 2.45) is 0 Å². The van der Waals surface area contributed by atoms with Gasteiger partial charge in [-0.15, -0.1) is 0 Å². The Morgan fingerprint density at radius 1 is 0.750 bits per heavy atom. The molecule has 0 aliphatic carbocycles. The highest BCUT2D eigenvalue weighted by molar-refractivity contribution is 7.90. The van der Waals surface area contributed by atoms with Crippen molar-refractivity contribution >= 4 is 20.0 Å². The van der Waals surface area contributed by atoms with E-state index in [1.54, 1.807) is 0 Å². The highest BCUT2D eigenvalue weighted by Gasteiger charge is 2.17. The number of rotatable bonds is 12. The van der Waals surface area contributed by atoms with E-state index in [-0.39, 0.29) is 36.1 Å². The summed E-state index contributed by atoms with van der Waals surface area (Å²) in [5, 5.41) is 0. The first-order chi connectivity index (χ1) is 11.3. The van der Waals surface area contributed by atoms with Crippen molar-refractivity contribution < 1.29 is 26.3 Å². The Kier molecular flexibility index (Phi) is 8.81. The van der Waals surface area contributed by atoms with Gasteiger partial charge in [0, 0.05) is 26.3 Å². The molecule has 10 heteroatoms. The van der Waals surface area contributed by atoms with Gasteiger partial charge in [-0.1, -0.05) is 0 Å². The minimum absolute atomic E-state index is 0.00716. The number of hydrogen-bond acceptors (Lipinski definition) is 6. The molecule has 0 aromatic heterocycles. The Bertz CT molecular complexity index is 625. The average molecular weight is 380 g/mol. The van der Waals surface area contributed by atoms with Crippen LogP contribution in [0.15, 0.2) is 34.1 Å². The first-order valence-corrected chi connectivity index (χ1v) is 10.5. The summed E-state index contributed by atoms with van der Waals surface area (Å²) in [5.74, 6) is 0. The molecule has 138 valence electrons. The molecule has 0 aliphatic rings. The van der Waals surface area contributed by atoms with Gasteiger partial charge in [0.15, 0.2) is 0 Å². The van der Waals surface area contributed by atoms with Crippen molar-refractivity contribution in [2.75, 3.05) is 39.5 Å². The molecule has 0 saturated carbocycles. The third-order valence-electron chi connectivity index (χ3n) is 2.93. The zero-order valence-corrected chi connectivity index (χ0v) is 15.5. The van der Waals surface area contributed by atoms with Crippen LogP contribution in [0.3, 0.4) is 0 Å². The number of hydrogen-bond donors (Lipinski definition) is 2. The van der Waals surface area contributed by atoms with Crippen LogP contribution in [-0.4, -0.2) is 56.4 Å². The van der Waals surface area contributed by atoms with Gasteiger partial charge in [-0.05, 0) is 38.1 Å². The molecule has 0 atom stereocenters. The number of ether oxygens (including phenoxy) is 2. The fourth-order valence-electron chi connectivity index (χ4n) is 1.75. The molecule has 1 aromatic rings. The van der Waals surface area contributed by atoms with Crippen molar-refractivity contribution in [1.29, 1.82) is 0 Å². The summed E-state index contributed by atoms with van der Waals surface area (Å²) in [6, 6.07) is 5.00. The second-order valence-corrected chi connectivity index (χ2v) is 8.19. The lowest BCUT2D eigenvalue weighted by atomic mass is 10.4. The van der Waals surface area contributed by atoms with Crippen LogP contribution in [0.2, 0.25) is 0 Å². The highest BCUT2D eigenvalue weighted by Crippen LogP contribution is 2.14. The molecule has 0 amide bonds. The summed E-state index contributed by atoms with van der Waals surface area (Å²) >= 11 is 0. The largest absolute Gasteiger partial charge is 0.380 e. The molecule has 0 spiro atoms. The third-order valence-corrected chi connectivity index (χ3v) is 5.88. The molecule has 0 heterocycles. The van der Waals surface area contributed by atoms with Crippen molar-refractivity contribution in [3.05, 3.63) is 24.3 Å². The molecule has 0 fully saturated rings. The van der Waals surface area contributed by atoms with E-state index in [4.69, 9.17) is 9.47 Å². The monoisotopic (exact) mass is 380 g/mol. The van der Waals surface area contributed by atoms with E-state index >= 15 is 0 Å². The molecule has 1 rings (SSSR count). The molecule has 0 aliphatic heterocycles. The zero-order valence-electron chi connectivity index (χ0n) is 13.8. The summed E-state index contributed by atoms with van der Waals surface area (Å²) in [6.07, 6.45) is 0. The van der Waals surface area contributed by atoms with Gasteiger partial charge in [0.25, 0.3) is 0 Å². The molecular formula is C14H24N2O6S2. The first-order valence-electron chi connectivity index (χ1n) is 7.58.